The Hall–Kier alpha value is -2.84. The standard InChI is InChI=1S/C26H26F3NO3S/c1-30(34(31,32)22-13-11-21(33-2)12-14-22)17-16-19-8-15-25-23(4-3-5-24(19)25)18-6-9-20(10-7-18)26(27,28)29/h3-7,9-14,19H,8,15-17H2,1-2H3. The average molecular weight is 490 g/mol. The number of ether oxygens (including phenoxy) is 1. The van der Waals surface area contributed by atoms with E-state index in [9.17, 15) is 21.6 Å². The van der Waals surface area contributed by atoms with E-state index in [2.05, 4.69) is 0 Å². The molecule has 1 unspecified atom stereocenters. The molecule has 34 heavy (non-hydrogen) atoms. The summed E-state index contributed by atoms with van der Waals surface area (Å²) in [6.45, 7) is 0.364. The highest BCUT2D eigenvalue weighted by molar-refractivity contribution is 7.89. The monoisotopic (exact) mass is 489 g/mol. The second-order valence-corrected chi connectivity index (χ2v) is 10.5. The molecule has 0 fully saturated rings. The van der Waals surface area contributed by atoms with Gasteiger partial charge < -0.3 is 4.74 Å². The lowest BCUT2D eigenvalue weighted by atomic mass is 9.93. The van der Waals surface area contributed by atoms with E-state index in [-0.39, 0.29) is 10.8 Å². The molecule has 1 aliphatic rings. The van der Waals surface area contributed by atoms with Crippen LogP contribution in [0.25, 0.3) is 11.1 Å². The lowest BCUT2D eigenvalue weighted by Crippen LogP contribution is -2.28. The molecule has 0 aliphatic heterocycles. The summed E-state index contributed by atoms with van der Waals surface area (Å²) in [6, 6.07) is 17.5. The Kier molecular flexibility index (Phi) is 6.73. The fourth-order valence-corrected chi connectivity index (χ4v) is 5.72. The molecule has 0 aromatic heterocycles. The van der Waals surface area contributed by atoms with Crippen LogP contribution in [0.4, 0.5) is 13.2 Å². The molecule has 3 aromatic carbocycles. The van der Waals surface area contributed by atoms with Crippen molar-refractivity contribution in [2.45, 2.75) is 36.3 Å². The first kappa shape index (κ1) is 24.3. The van der Waals surface area contributed by atoms with Gasteiger partial charge in [-0.1, -0.05) is 30.3 Å². The maximum absolute atomic E-state index is 12.9. The zero-order valence-electron chi connectivity index (χ0n) is 19.0. The highest BCUT2D eigenvalue weighted by Gasteiger charge is 2.31. The van der Waals surface area contributed by atoms with Crippen LogP contribution in [0.15, 0.2) is 71.6 Å². The first-order valence-electron chi connectivity index (χ1n) is 11.0. The van der Waals surface area contributed by atoms with Gasteiger partial charge in [-0.25, -0.2) is 12.7 Å². The number of rotatable bonds is 7. The minimum atomic E-state index is -4.36. The van der Waals surface area contributed by atoms with Gasteiger partial charge in [0.15, 0.2) is 0 Å². The molecule has 4 rings (SSSR count). The van der Waals surface area contributed by atoms with Gasteiger partial charge in [0, 0.05) is 13.6 Å². The first-order valence-corrected chi connectivity index (χ1v) is 12.4. The number of hydrogen-bond acceptors (Lipinski definition) is 3. The summed E-state index contributed by atoms with van der Waals surface area (Å²) in [4.78, 5) is 0.215. The van der Waals surface area contributed by atoms with Gasteiger partial charge in [-0.05, 0) is 83.8 Å². The van der Waals surface area contributed by atoms with Crippen molar-refractivity contribution in [3.05, 3.63) is 83.4 Å². The molecule has 0 bridgehead atoms. The molecule has 1 aliphatic carbocycles. The number of halogens is 3. The normalized spacial score (nSPS) is 16.0. The summed E-state index contributed by atoms with van der Waals surface area (Å²) in [7, 11) is -0.511. The molecule has 0 spiro atoms. The number of hydrogen-bond donors (Lipinski definition) is 0. The Morgan fingerprint density at radius 2 is 1.68 bits per heavy atom. The maximum atomic E-state index is 12.9. The molecule has 0 saturated carbocycles. The van der Waals surface area contributed by atoms with Crippen LogP contribution in [-0.2, 0) is 22.6 Å². The number of benzene rings is 3. The van der Waals surface area contributed by atoms with Gasteiger partial charge in [0.2, 0.25) is 10.0 Å². The van der Waals surface area contributed by atoms with Crippen molar-refractivity contribution in [1.82, 2.24) is 4.31 Å². The lowest BCUT2D eigenvalue weighted by Gasteiger charge is -2.20. The van der Waals surface area contributed by atoms with Crippen molar-refractivity contribution in [3.63, 3.8) is 0 Å². The molecule has 0 radical (unpaired) electrons. The third-order valence-electron chi connectivity index (χ3n) is 6.48. The second-order valence-electron chi connectivity index (χ2n) is 8.47. The van der Waals surface area contributed by atoms with Crippen LogP contribution in [0.3, 0.4) is 0 Å². The molecule has 3 aromatic rings. The van der Waals surface area contributed by atoms with Gasteiger partial charge in [0.05, 0.1) is 17.6 Å². The minimum Gasteiger partial charge on any atom is -0.497 e. The Balaban J connectivity index is 1.48. The number of fused-ring (bicyclic) bond motifs is 1. The van der Waals surface area contributed by atoms with Crippen LogP contribution in [0.1, 0.15) is 35.4 Å². The Morgan fingerprint density at radius 1 is 1.00 bits per heavy atom. The van der Waals surface area contributed by atoms with Gasteiger partial charge in [-0.2, -0.15) is 13.2 Å². The summed E-state index contributed by atoms with van der Waals surface area (Å²) >= 11 is 0. The average Bonchev–Trinajstić information content (AvgIpc) is 3.25. The predicted molar refractivity (Wildman–Crippen MR) is 125 cm³/mol. The Labute approximate surface area is 198 Å². The summed E-state index contributed by atoms with van der Waals surface area (Å²) in [6.07, 6.45) is -2.01. The largest absolute Gasteiger partial charge is 0.497 e. The maximum Gasteiger partial charge on any atom is 0.416 e. The van der Waals surface area contributed by atoms with Crippen molar-refractivity contribution >= 4 is 10.0 Å². The molecule has 0 saturated heterocycles. The summed E-state index contributed by atoms with van der Waals surface area (Å²) in [5, 5.41) is 0. The van der Waals surface area contributed by atoms with Gasteiger partial charge in [0.25, 0.3) is 0 Å². The summed E-state index contributed by atoms with van der Waals surface area (Å²) < 4.78 is 71.1. The SMILES string of the molecule is COc1ccc(S(=O)(=O)N(C)CCC2CCc3c(-c4ccc(C(F)(F)F)cc4)cccc32)cc1. The lowest BCUT2D eigenvalue weighted by molar-refractivity contribution is -0.137. The smallest absolute Gasteiger partial charge is 0.416 e. The van der Waals surface area contributed by atoms with Gasteiger partial charge in [-0.3, -0.25) is 0 Å². The van der Waals surface area contributed by atoms with E-state index in [4.69, 9.17) is 4.74 Å². The highest BCUT2D eigenvalue weighted by atomic mass is 32.2. The molecule has 0 heterocycles. The van der Waals surface area contributed by atoms with Gasteiger partial charge >= 0.3 is 6.18 Å². The van der Waals surface area contributed by atoms with Crippen LogP contribution in [0.2, 0.25) is 0 Å². The fourth-order valence-electron chi connectivity index (χ4n) is 4.53. The van der Waals surface area contributed by atoms with Crippen LogP contribution in [0.5, 0.6) is 5.75 Å². The van der Waals surface area contributed by atoms with Crippen LogP contribution in [0, 0.1) is 0 Å². The molecule has 0 amide bonds. The third kappa shape index (κ3) is 4.83. The number of alkyl halides is 3. The second kappa shape index (κ2) is 9.43. The van der Waals surface area contributed by atoms with Crippen molar-refractivity contribution in [3.8, 4) is 16.9 Å². The van der Waals surface area contributed by atoms with E-state index in [0.717, 1.165) is 47.2 Å². The quantitative estimate of drug-likeness (QED) is 0.402. The number of sulfonamides is 1. The van der Waals surface area contributed by atoms with Crippen LogP contribution >= 0.6 is 0 Å². The molecule has 0 N–H and O–H groups in total. The summed E-state index contributed by atoms with van der Waals surface area (Å²) in [5.74, 6) is 0.783. The van der Waals surface area contributed by atoms with Crippen molar-refractivity contribution in [1.29, 1.82) is 0 Å². The van der Waals surface area contributed by atoms with Crippen molar-refractivity contribution in [2.24, 2.45) is 0 Å². The predicted octanol–water partition coefficient (Wildman–Crippen LogP) is 6.12. The molecular weight excluding hydrogens is 463 g/mol. The summed E-state index contributed by atoms with van der Waals surface area (Å²) in [5.41, 5.74) is 3.31. The Morgan fingerprint density at radius 3 is 2.29 bits per heavy atom. The van der Waals surface area contributed by atoms with Crippen molar-refractivity contribution < 1.29 is 26.3 Å². The molecule has 4 nitrogen and oxygen atoms in total. The van der Waals surface area contributed by atoms with E-state index in [1.807, 2.05) is 18.2 Å². The van der Waals surface area contributed by atoms with E-state index in [1.54, 1.807) is 19.2 Å². The van der Waals surface area contributed by atoms with E-state index in [0.29, 0.717) is 18.7 Å². The topological polar surface area (TPSA) is 46.6 Å². The third-order valence-corrected chi connectivity index (χ3v) is 8.35. The molecule has 1 atom stereocenters. The number of methoxy groups -OCH3 is 1. The minimum absolute atomic E-state index is 0.193. The highest BCUT2D eigenvalue weighted by Crippen LogP contribution is 2.41. The first-order chi connectivity index (χ1) is 16.1. The van der Waals surface area contributed by atoms with Gasteiger partial charge in [-0.15, -0.1) is 0 Å². The van der Waals surface area contributed by atoms with E-state index >= 15 is 0 Å². The van der Waals surface area contributed by atoms with E-state index in [1.165, 1.54) is 35.7 Å². The number of nitrogens with zero attached hydrogens (tertiary/aromatic N) is 1. The van der Waals surface area contributed by atoms with Crippen LogP contribution in [-0.4, -0.2) is 33.4 Å². The van der Waals surface area contributed by atoms with E-state index < -0.39 is 21.8 Å². The molecular formula is C26H26F3NO3S. The zero-order valence-corrected chi connectivity index (χ0v) is 19.8. The Bertz CT molecular complexity index is 1250. The van der Waals surface area contributed by atoms with Crippen LogP contribution < -0.4 is 4.74 Å². The molecule has 180 valence electrons. The zero-order chi connectivity index (χ0) is 24.5. The van der Waals surface area contributed by atoms with Crippen molar-refractivity contribution in [2.75, 3.05) is 20.7 Å². The fraction of sp³-hybridized carbons (Fsp3) is 0.308. The molecule has 8 heteroatoms. The van der Waals surface area contributed by atoms with Gasteiger partial charge in [0.1, 0.15) is 5.75 Å².